The third-order valence-electron chi connectivity index (χ3n) is 0.778. The normalized spacial score (nSPS) is 14.3. The van der Waals surface area contributed by atoms with Crippen LogP contribution >= 0.6 is 0 Å². The van der Waals surface area contributed by atoms with E-state index in [0.29, 0.717) is 12.5 Å². The first kappa shape index (κ1) is 8.88. The molecule has 0 fully saturated rings. The van der Waals surface area contributed by atoms with Crippen LogP contribution in [-0.4, -0.2) is 29.7 Å². The molecular formula is C6H14O3. The van der Waals surface area contributed by atoms with Crippen LogP contribution in [0.3, 0.4) is 0 Å². The van der Waals surface area contributed by atoms with E-state index < -0.39 is 6.29 Å². The zero-order valence-electron chi connectivity index (χ0n) is 5.87. The van der Waals surface area contributed by atoms with Gasteiger partial charge in [0, 0.05) is 0 Å². The lowest BCUT2D eigenvalue weighted by Gasteiger charge is -2.09. The molecule has 0 spiro atoms. The third kappa shape index (κ3) is 5.76. The molecular weight excluding hydrogens is 120 g/mol. The minimum absolute atomic E-state index is 0.327. The van der Waals surface area contributed by atoms with Crippen LogP contribution < -0.4 is 0 Å². The maximum absolute atomic E-state index is 8.63. The highest BCUT2D eigenvalue weighted by Crippen LogP contribution is 1.94. The fraction of sp³-hybridized carbons (Fsp3) is 1.00. The van der Waals surface area contributed by atoms with Crippen molar-refractivity contribution in [3.63, 3.8) is 0 Å². The molecule has 0 aromatic heterocycles. The van der Waals surface area contributed by atoms with E-state index in [2.05, 4.69) is 0 Å². The van der Waals surface area contributed by atoms with Crippen molar-refractivity contribution in [2.24, 2.45) is 5.92 Å². The molecule has 9 heavy (non-hydrogen) atoms. The van der Waals surface area contributed by atoms with Crippen LogP contribution in [0.1, 0.15) is 13.8 Å². The van der Waals surface area contributed by atoms with E-state index in [9.17, 15) is 0 Å². The predicted octanol–water partition coefficient (Wildman–Crippen LogP) is -0.0303. The highest BCUT2D eigenvalue weighted by atomic mass is 16.6. The molecule has 0 saturated heterocycles. The monoisotopic (exact) mass is 134 g/mol. The van der Waals surface area contributed by atoms with Crippen LogP contribution in [0.2, 0.25) is 0 Å². The molecule has 1 unspecified atom stereocenters. The molecule has 0 aromatic carbocycles. The van der Waals surface area contributed by atoms with Gasteiger partial charge in [-0.3, -0.25) is 0 Å². The molecule has 0 aliphatic rings. The maximum atomic E-state index is 8.63. The molecule has 0 aliphatic carbocycles. The standard InChI is InChI=1S/C6H14O3/c1-5(2)4-9-6(8)3-7/h5-8H,3-4H2,1-2H3. The molecule has 0 aliphatic heterocycles. The van der Waals surface area contributed by atoms with Gasteiger partial charge in [-0.15, -0.1) is 0 Å². The summed E-state index contributed by atoms with van der Waals surface area (Å²) in [7, 11) is 0. The summed E-state index contributed by atoms with van der Waals surface area (Å²) in [6, 6.07) is 0. The third-order valence-corrected chi connectivity index (χ3v) is 0.778. The van der Waals surface area contributed by atoms with E-state index in [-0.39, 0.29) is 6.61 Å². The van der Waals surface area contributed by atoms with Gasteiger partial charge in [-0.05, 0) is 5.92 Å². The van der Waals surface area contributed by atoms with Crippen molar-refractivity contribution in [2.45, 2.75) is 20.1 Å². The Morgan fingerprint density at radius 1 is 1.44 bits per heavy atom. The summed E-state index contributed by atoms with van der Waals surface area (Å²) in [6.45, 7) is 4.11. The average Bonchev–Trinajstić information content (AvgIpc) is 1.83. The van der Waals surface area contributed by atoms with Crippen molar-refractivity contribution in [2.75, 3.05) is 13.2 Å². The molecule has 0 aromatic rings. The van der Waals surface area contributed by atoms with Gasteiger partial charge in [-0.2, -0.15) is 0 Å². The van der Waals surface area contributed by atoms with Gasteiger partial charge < -0.3 is 14.9 Å². The fourth-order valence-corrected chi connectivity index (χ4v) is 0.356. The van der Waals surface area contributed by atoms with Gasteiger partial charge in [-0.1, -0.05) is 13.8 Å². The average molecular weight is 134 g/mol. The Kier molecular flexibility index (Phi) is 4.67. The highest BCUT2D eigenvalue weighted by molar-refractivity contribution is 4.41. The van der Waals surface area contributed by atoms with Crippen molar-refractivity contribution in [3.05, 3.63) is 0 Å². The Hall–Kier alpha value is -0.120. The molecule has 3 heteroatoms. The number of ether oxygens (including phenoxy) is 1. The Bertz CT molecular complexity index is 63.3. The van der Waals surface area contributed by atoms with Gasteiger partial charge in [0.25, 0.3) is 0 Å². The summed E-state index contributed by atoms with van der Waals surface area (Å²) < 4.78 is 4.76. The molecule has 56 valence electrons. The maximum Gasteiger partial charge on any atom is 0.177 e. The van der Waals surface area contributed by atoms with Crippen LogP contribution in [0.15, 0.2) is 0 Å². The van der Waals surface area contributed by atoms with Crippen LogP contribution in [-0.2, 0) is 4.74 Å². The summed E-state index contributed by atoms with van der Waals surface area (Å²) in [5, 5.41) is 16.9. The Labute approximate surface area is 55.3 Å². The molecule has 0 bridgehead atoms. The van der Waals surface area contributed by atoms with Crippen LogP contribution in [0, 0.1) is 5.92 Å². The van der Waals surface area contributed by atoms with Crippen molar-refractivity contribution >= 4 is 0 Å². The van der Waals surface area contributed by atoms with E-state index in [4.69, 9.17) is 14.9 Å². The quantitative estimate of drug-likeness (QED) is 0.531. The zero-order chi connectivity index (χ0) is 7.28. The van der Waals surface area contributed by atoms with Crippen molar-refractivity contribution < 1.29 is 14.9 Å². The zero-order valence-corrected chi connectivity index (χ0v) is 5.87. The topological polar surface area (TPSA) is 49.7 Å². The highest BCUT2D eigenvalue weighted by Gasteiger charge is 2.01. The predicted molar refractivity (Wildman–Crippen MR) is 33.9 cm³/mol. The summed E-state index contributed by atoms with van der Waals surface area (Å²) in [4.78, 5) is 0. The van der Waals surface area contributed by atoms with Gasteiger partial charge in [0.15, 0.2) is 6.29 Å². The van der Waals surface area contributed by atoms with E-state index >= 15 is 0 Å². The molecule has 1 atom stereocenters. The largest absolute Gasteiger partial charge is 0.391 e. The van der Waals surface area contributed by atoms with Crippen molar-refractivity contribution in [1.82, 2.24) is 0 Å². The number of aliphatic hydroxyl groups is 2. The summed E-state index contributed by atoms with van der Waals surface area (Å²) in [5.41, 5.74) is 0. The second-order valence-electron chi connectivity index (χ2n) is 2.36. The lowest BCUT2D eigenvalue weighted by atomic mass is 10.2. The Morgan fingerprint density at radius 3 is 2.33 bits per heavy atom. The summed E-state index contributed by atoms with van der Waals surface area (Å²) >= 11 is 0. The van der Waals surface area contributed by atoms with Gasteiger partial charge in [0.2, 0.25) is 0 Å². The van der Waals surface area contributed by atoms with E-state index in [1.54, 1.807) is 0 Å². The fourth-order valence-electron chi connectivity index (χ4n) is 0.356. The molecule has 0 amide bonds. The lowest BCUT2D eigenvalue weighted by Crippen LogP contribution is -2.19. The van der Waals surface area contributed by atoms with Gasteiger partial charge in [-0.25, -0.2) is 0 Å². The first-order valence-corrected chi connectivity index (χ1v) is 3.07. The number of rotatable bonds is 4. The second kappa shape index (κ2) is 4.73. The number of hydrogen-bond acceptors (Lipinski definition) is 3. The lowest BCUT2D eigenvalue weighted by molar-refractivity contribution is -0.130. The van der Waals surface area contributed by atoms with Crippen LogP contribution in [0.4, 0.5) is 0 Å². The molecule has 0 saturated carbocycles. The van der Waals surface area contributed by atoms with Crippen LogP contribution in [0.5, 0.6) is 0 Å². The molecule has 0 rings (SSSR count). The molecule has 0 heterocycles. The first-order chi connectivity index (χ1) is 4.16. The van der Waals surface area contributed by atoms with Crippen LogP contribution in [0.25, 0.3) is 0 Å². The SMILES string of the molecule is CC(C)COC(O)CO. The molecule has 0 radical (unpaired) electrons. The summed E-state index contributed by atoms with van der Waals surface area (Å²) in [5.74, 6) is 0.395. The minimum atomic E-state index is -1.01. The molecule has 2 N–H and O–H groups in total. The van der Waals surface area contributed by atoms with E-state index in [0.717, 1.165) is 0 Å². The summed E-state index contributed by atoms with van der Waals surface area (Å²) in [6.07, 6.45) is -1.01. The number of hydrogen-bond donors (Lipinski definition) is 2. The first-order valence-electron chi connectivity index (χ1n) is 3.07. The minimum Gasteiger partial charge on any atom is -0.391 e. The second-order valence-corrected chi connectivity index (χ2v) is 2.36. The van der Waals surface area contributed by atoms with E-state index in [1.165, 1.54) is 0 Å². The van der Waals surface area contributed by atoms with Gasteiger partial charge in [0.1, 0.15) is 0 Å². The Balaban J connectivity index is 3.06. The van der Waals surface area contributed by atoms with E-state index in [1.807, 2.05) is 13.8 Å². The van der Waals surface area contributed by atoms with Gasteiger partial charge >= 0.3 is 0 Å². The number of aliphatic hydroxyl groups excluding tert-OH is 2. The van der Waals surface area contributed by atoms with Crippen molar-refractivity contribution in [3.8, 4) is 0 Å². The Morgan fingerprint density at radius 2 is 2.00 bits per heavy atom. The smallest absolute Gasteiger partial charge is 0.177 e. The van der Waals surface area contributed by atoms with Gasteiger partial charge in [0.05, 0.1) is 13.2 Å². The van der Waals surface area contributed by atoms with Crippen molar-refractivity contribution in [1.29, 1.82) is 0 Å². The molecule has 3 nitrogen and oxygen atoms in total.